The average molecular weight is 323 g/mol. The number of carbonyl (C=O) groups excluding carboxylic acids is 1. The van der Waals surface area contributed by atoms with E-state index in [1.165, 1.54) is 0 Å². The van der Waals surface area contributed by atoms with Crippen LogP contribution in [0.1, 0.15) is 11.4 Å². The number of benzene rings is 1. The molecule has 2 N–H and O–H groups in total. The van der Waals surface area contributed by atoms with E-state index in [1.807, 2.05) is 36.4 Å². The van der Waals surface area contributed by atoms with Gasteiger partial charge in [-0.05, 0) is 29.8 Å². The Hall–Kier alpha value is -3.22. The molecule has 3 rings (SSSR count). The highest BCUT2D eigenvalue weighted by Crippen LogP contribution is 2.12. The van der Waals surface area contributed by atoms with Gasteiger partial charge in [0, 0.05) is 24.5 Å². The Labute approximate surface area is 139 Å². The number of H-pyrrole nitrogens is 1. The zero-order valence-electron chi connectivity index (χ0n) is 13.2. The van der Waals surface area contributed by atoms with Crippen LogP contribution >= 0.6 is 0 Å². The lowest BCUT2D eigenvalue weighted by atomic mass is 10.2. The fraction of sp³-hybridized carbons (Fsp3) is 0.176. The molecule has 3 aromatic rings. The molecule has 0 aliphatic rings. The lowest BCUT2D eigenvalue weighted by molar-refractivity contribution is -0.120. The molecule has 0 aliphatic carbocycles. The van der Waals surface area contributed by atoms with E-state index < -0.39 is 0 Å². The highest BCUT2D eigenvalue weighted by molar-refractivity contribution is 5.77. The van der Waals surface area contributed by atoms with Crippen LogP contribution in [0.2, 0.25) is 0 Å². The number of aromatic amines is 1. The molecule has 0 saturated carbocycles. The summed E-state index contributed by atoms with van der Waals surface area (Å²) in [6, 6.07) is 11.2. The van der Waals surface area contributed by atoms with E-state index in [1.54, 1.807) is 19.5 Å². The molecule has 2 heterocycles. The predicted molar refractivity (Wildman–Crippen MR) is 88.2 cm³/mol. The van der Waals surface area contributed by atoms with Gasteiger partial charge in [0.1, 0.15) is 11.6 Å². The van der Waals surface area contributed by atoms with Crippen molar-refractivity contribution in [1.29, 1.82) is 0 Å². The van der Waals surface area contributed by atoms with E-state index >= 15 is 0 Å². The third-order valence-corrected chi connectivity index (χ3v) is 3.43. The lowest BCUT2D eigenvalue weighted by Crippen LogP contribution is -2.25. The normalized spacial score (nSPS) is 10.4. The molecular weight excluding hydrogens is 306 g/mol. The van der Waals surface area contributed by atoms with E-state index in [0.717, 1.165) is 16.9 Å². The smallest absolute Gasteiger partial charge is 0.227 e. The Morgan fingerprint density at radius 1 is 1.25 bits per heavy atom. The molecule has 0 spiro atoms. The first-order chi connectivity index (χ1) is 11.7. The van der Waals surface area contributed by atoms with Crippen LogP contribution in [-0.2, 0) is 17.8 Å². The number of amides is 1. The first-order valence-electron chi connectivity index (χ1n) is 7.46. The molecule has 0 fully saturated rings. The van der Waals surface area contributed by atoms with Gasteiger partial charge in [0.05, 0.1) is 13.5 Å². The molecule has 1 aromatic carbocycles. The van der Waals surface area contributed by atoms with Crippen molar-refractivity contribution in [3.8, 4) is 17.1 Å². The second-order valence-electron chi connectivity index (χ2n) is 5.15. The van der Waals surface area contributed by atoms with Gasteiger partial charge < -0.3 is 10.1 Å². The Balaban J connectivity index is 1.54. The molecule has 0 radical (unpaired) electrons. The van der Waals surface area contributed by atoms with E-state index in [9.17, 15) is 4.79 Å². The Bertz CT molecular complexity index is 799. The van der Waals surface area contributed by atoms with Crippen LogP contribution < -0.4 is 10.1 Å². The van der Waals surface area contributed by atoms with Gasteiger partial charge in [-0.2, -0.15) is 5.10 Å². The highest BCUT2D eigenvalue weighted by atomic mass is 16.5. The molecule has 0 saturated heterocycles. The van der Waals surface area contributed by atoms with Crippen molar-refractivity contribution in [3.63, 3.8) is 0 Å². The zero-order chi connectivity index (χ0) is 16.8. The monoisotopic (exact) mass is 323 g/mol. The standard InChI is InChI=1S/C17H17N5O2/c1-24-14-6-4-12(5-7-14)10-19-16(23)9-15-20-17(22-21-15)13-3-2-8-18-11-13/h2-8,11H,9-10H2,1H3,(H,19,23)(H,20,21,22). The van der Waals surface area contributed by atoms with E-state index in [4.69, 9.17) is 4.74 Å². The third-order valence-electron chi connectivity index (χ3n) is 3.43. The van der Waals surface area contributed by atoms with Gasteiger partial charge in [0.15, 0.2) is 5.82 Å². The summed E-state index contributed by atoms with van der Waals surface area (Å²) >= 11 is 0. The van der Waals surface area contributed by atoms with Gasteiger partial charge in [-0.15, -0.1) is 0 Å². The maximum atomic E-state index is 12.0. The van der Waals surface area contributed by atoms with Crippen molar-refractivity contribution in [3.05, 3.63) is 60.2 Å². The number of ether oxygens (including phenoxy) is 1. The predicted octanol–water partition coefficient (Wildman–Crippen LogP) is 1.73. The van der Waals surface area contributed by atoms with Crippen LogP contribution in [0.5, 0.6) is 5.75 Å². The molecule has 0 bridgehead atoms. The minimum Gasteiger partial charge on any atom is -0.497 e. The summed E-state index contributed by atoms with van der Waals surface area (Å²) in [5.74, 6) is 1.71. The largest absolute Gasteiger partial charge is 0.497 e. The van der Waals surface area contributed by atoms with Crippen molar-refractivity contribution in [2.75, 3.05) is 7.11 Å². The summed E-state index contributed by atoms with van der Waals surface area (Å²) in [5, 5.41) is 9.74. The summed E-state index contributed by atoms with van der Waals surface area (Å²) in [6.07, 6.45) is 3.50. The van der Waals surface area contributed by atoms with Crippen molar-refractivity contribution in [1.82, 2.24) is 25.5 Å². The highest BCUT2D eigenvalue weighted by Gasteiger charge is 2.10. The number of nitrogens with zero attached hydrogens (tertiary/aromatic N) is 3. The van der Waals surface area contributed by atoms with Crippen LogP contribution in [-0.4, -0.2) is 33.2 Å². The van der Waals surface area contributed by atoms with Crippen molar-refractivity contribution >= 4 is 5.91 Å². The van der Waals surface area contributed by atoms with Crippen LogP contribution in [0.4, 0.5) is 0 Å². The molecule has 0 atom stereocenters. The van der Waals surface area contributed by atoms with Crippen molar-refractivity contribution < 1.29 is 9.53 Å². The van der Waals surface area contributed by atoms with E-state index in [-0.39, 0.29) is 12.3 Å². The summed E-state index contributed by atoms with van der Waals surface area (Å²) in [4.78, 5) is 20.4. The lowest BCUT2D eigenvalue weighted by Gasteiger charge is -2.05. The number of hydrogen-bond donors (Lipinski definition) is 2. The fourth-order valence-electron chi connectivity index (χ4n) is 2.16. The third kappa shape index (κ3) is 3.95. The van der Waals surface area contributed by atoms with Gasteiger partial charge in [0.2, 0.25) is 5.91 Å². The molecule has 1 amide bonds. The molecule has 7 heteroatoms. The minimum absolute atomic E-state index is 0.125. The van der Waals surface area contributed by atoms with Crippen LogP contribution in [0.3, 0.4) is 0 Å². The zero-order valence-corrected chi connectivity index (χ0v) is 13.2. The maximum absolute atomic E-state index is 12.0. The topological polar surface area (TPSA) is 92.8 Å². The quantitative estimate of drug-likeness (QED) is 0.721. The molecule has 122 valence electrons. The summed E-state index contributed by atoms with van der Waals surface area (Å²) < 4.78 is 5.10. The number of pyridine rings is 1. The van der Waals surface area contributed by atoms with Gasteiger partial charge >= 0.3 is 0 Å². The Kier molecular flexibility index (Phi) is 4.81. The van der Waals surface area contributed by atoms with E-state index in [2.05, 4.69) is 25.5 Å². The molecule has 0 unspecified atom stereocenters. The number of methoxy groups -OCH3 is 1. The number of aromatic nitrogens is 4. The van der Waals surface area contributed by atoms with Crippen LogP contribution in [0, 0.1) is 0 Å². The van der Waals surface area contributed by atoms with Gasteiger partial charge in [-0.3, -0.25) is 14.9 Å². The van der Waals surface area contributed by atoms with Gasteiger partial charge in [-0.25, -0.2) is 4.98 Å². The number of rotatable bonds is 6. The second kappa shape index (κ2) is 7.36. The Morgan fingerprint density at radius 2 is 2.08 bits per heavy atom. The van der Waals surface area contributed by atoms with E-state index in [0.29, 0.717) is 18.2 Å². The number of carbonyl (C=O) groups is 1. The number of hydrogen-bond acceptors (Lipinski definition) is 5. The van der Waals surface area contributed by atoms with Crippen molar-refractivity contribution in [2.24, 2.45) is 0 Å². The van der Waals surface area contributed by atoms with Gasteiger partial charge in [0.25, 0.3) is 0 Å². The molecule has 0 aliphatic heterocycles. The number of nitrogens with one attached hydrogen (secondary N) is 2. The van der Waals surface area contributed by atoms with Crippen molar-refractivity contribution in [2.45, 2.75) is 13.0 Å². The maximum Gasteiger partial charge on any atom is 0.227 e. The molecule has 24 heavy (non-hydrogen) atoms. The van der Waals surface area contributed by atoms with Gasteiger partial charge in [-0.1, -0.05) is 12.1 Å². The Morgan fingerprint density at radius 3 is 2.79 bits per heavy atom. The second-order valence-corrected chi connectivity index (χ2v) is 5.15. The SMILES string of the molecule is COc1ccc(CNC(=O)Cc2nc(-c3cccnc3)n[nH]2)cc1. The summed E-state index contributed by atoms with van der Waals surface area (Å²) in [7, 11) is 1.62. The van der Waals surface area contributed by atoms with Crippen LogP contribution in [0.25, 0.3) is 11.4 Å². The first-order valence-corrected chi connectivity index (χ1v) is 7.46. The fourth-order valence-corrected chi connectivity index (χ4v) is 2.16. The molecule has 7 nitrogen and oxygen atoms in total. The first kappa shape index (κ1) is 15.7. The summed E-state index contributed by atoms with van der Waals surface area (Å²) in [5.41, 5.74) is 1.80. The molecule has 2 aromatic heterocycles. The minimum atomic E-state index is -0.125. The molecular formula is C17H17N5O2. The average Bonchev–Trinajstić information content (AvgIpc) is 3.09. The van der Waals surface area contributed by atoms with Crippen LogP contribution in [0.15, 0.2) is 48.8 Å². The summed E-state index contributed by atoms with van der Waals surface area (Å²) in [6.45, 7) is 0.451.